The van der Waals surface area contributed by atoms with Crippen molar-refractivity contribution in [2.45, 2.75) is 36.5 Å². The maximum atomic E-state index is 4.27. The summed E-state index contributed by atoms with van der Waals surface area (Å²) >= 11 is 1.87. The lowest BCUT2D eigenvalue weighted by atomic mass is 10.3. The molecule has 0 aliphatic carbocycles. The second-order valence-corrected chi connectivity index (χ2v) is 7.04. The second kappa shape index (κ2) is 10.7. The SMILES string of the molecule is CN=C(NCCCCn1cnnc1)NCC(C)Sc1ccccc1. The first-order valence-corrected chi connectivity index (χ1v) is 9.14. The van der Waals surface area contributed by atoms with Crippen LogP contribution < -0.4 is 10.6 Å². The fourth-order valence-corrected chi connectivity index (χ4v) is 3.14. The summed E-state index contributed by atoms with van der Waals surface area (Å²) in [5.74, 6) is 0.861. The minimum absolute atomic E-state index is 0.472. The number of aliphatic imine (C=N–C) groups is 1. The molecule has 0 aliphatic heterocycles. The number of rotatable bonds is 9. The summed E-state index contributed by atoms with van der Waals surface area (Å²) in [5.41, 5.74) is 0. The zero-order chi connectivity index (χ0) is 17.0. The van der Waals surface area contributed by atoms with Crippen molar-refractivity contribution in [2.24, 2.45) is 4.99 Å². The van der Waals surface area contributed by atoms with E-state index in [0.29, 0.717) is 5.25 Å². The van der Waals surface area contributed by atoms with Gasteiger partial charge in [-0.05, 0) is 25.0 Å². The van der Waals surface area contributed by atoms with E-state index in [1.165, 1.54) is 4.90 Å². The lowest BCUT2D eigenvalue weighted by Crippen LogP contribution is -2.40. The highest BCUT2D eigenvalue weighted by Gasteiger charge is 2.05. The van der Waals surface area contributed by atoms with Crippen LogP contribution in [0.5, 0.6) is 0 Å². The van der Waals surface area contributed by atoms with Crippen LogP contribution in [-0.4, -0.2) is 46.1 Å². The molecule has 0 radical (unpaired) electrons. The topological polar surface area (TPSA) is 67.1 Å². The number of guanidine groups is 1. The van der Waals surface area contributed by atoms with Gasteiger partial charge in [0.25, 0.3) is 0 Å². The summed E-state index contributed by atoms with van der Waals surface area (Å²) in [6.45, 7) is 4.95. The Morgan fingerprint density at radius 3 is 2.62 bits per heavy atom. The summed E-state index contributed by atoms with van der Waals surface area (Å²) in [7, 11) is 1.81. The van der Waals surface area contributed by atoms with Crippen LogP contribution >= 0.6 is 11.8 Å². The molecule has 0 aliphatic rings. The van der Waals surface area contributed by atoms with Gasteiger partial charge >= 0.3 is 0 Å². The van der Waals surface area contributed by atoms with Crippen LogP contribution in [0, 0.1) is 0 Å². The third kappa shape index (κ3) is 7.04. The standard InChI is InChI=1S/C17H26N6S/c1-15(24-16-8-4-3-5-9-16)12-20-17(18-2)19-10-6-7-11-23-13-21-22-14-23/h3-5,8-9,13-15H,6-7,10-12H2,1-2H3,(H2,18,19,20). The molecule has 2 aromatic rings. The summed E-state index contributed by atoms with van der Waals surface area (Å²) in [6, 6.07) is 10.5. The van der Waals surface area contributed by atoms with E-state index in [1.54, 1.807) is 12.7 Å². The van der Waals surface area contributed by atoms with E-state index in [9.17, 15) is 0 Å². The van der Waals surface area contributed by atoms with Crippen molar-refractivity contribution in [1.29, 1.82) is 0 Å². The van der Waals surface area contributed by atoms with Crippen LogP contribution in [0.25, 0.3) is 0 Å². The van der Waals surface area contributed by atoms with Gasteiger partial charge in [0.2, 0.25) is 0 Å². The fourth-order valence-electron chi connectivity index (χ4n) is 2.20. The smallest absolute Gasteiger partial charge is 0.191 e. The number of aromatic nitrogens is 3. The average molecular weight is 347 g/mol. The number of nitrogens with zero attached hydrogens (tertiary/aromatic N) is 4. The molecular weight excluding hydrogens is 320 g/mol. The molecule has 2 N–H and O–H groups in total. The number of unbranched alkanes of at least 4 members (excludes halogenated alkanes) is 1. The van der Waals surface area contributed by atoms with Crippen LogP contribution in [0.4, 0.5) is 0 Å². The Balaban J connectivity index is 1.58. The highest BCUT2D eigenvalue weighted by molar-refractivity contribution is 8.00. The third-order valence-corrected chi connectivity index (χ3v) is 4.58. The van der Waals surface area contributed by atoms with Gasteiger partial charge < -0.3 is 15.2 Å². The molecule has 0 saturated heterocycles. The Morgan fingerprint density at radius 1 is 1.17 bits per heavy atom. The third-order valence-electron chi connectivity index (χ3n) is 3.46. The maximum Gasteiger partial charge on any atom is 0.191 e. The average Bonchev–Trinajstić information content (AvgIpc) is 3.11. The Kier molecular flexibility index (Phi) is 8.17. The van der Waals surface area contributed by atoms with E-state index in [-0.39, 0.29) is 0 Å². The number of hydrogen-bond donors (Lipinski definition) is 2. The summed E-state index contributed by atoms with van der Waals surface area (Å²) < 4.78 is 2.00. The molecule has 1 heterocycles. The van der Waals surface area contributed by atoms with Crippen LogP contribution in [0.3, 0.4) is 0 Å². The number of hydrogen-bond acceptors (Lipinski definition) is 4. The van der Waals surface area contributed by atoms with Gasteiger partial charge in [-0.1, -0.05) is 25.1 Å². The van der Waals surface area contributed by atoms with Crippen molar-refractivity contribution in [1.82, 2.24) is 25.4 Å². The Hall–Kier alpha value is -2.02. The summed E-state index contributed by atoms with van der Waals surface area (Å²) in [5, 5.41) is 14.8. The zero-order valence-corrected chi connectivity index (χ0v) is 15.2. The quantitative estimate of drug-likeness (QED) is 0.316. The van der Waals surface area contributed by atoms with Crippen molar-refractivity contribution in [3.05, 3.63) is 43.0 Å². The van der Waals surface area contributed by atoms with Crippen LogP contribution in [0.2, 0.25) is 0 Å². The predicted molar refractivity (Wildman–Crippen MR) is 100 cm³/mol. The number of nitrogens with one attached hydrogen (secondary N) is 2. The van der Waals surface area contributed by atoms with Crippen molar-refractivity contribution in [3.8, 4) is 0 Å². The molecular formula is C17H26N6S. The molecule has 0 amide bonds. The van der Waals surface area contributed by atoms with Crippen molar-refractivity contribution in [2.75, 3.05) is 20.1 Å². The van der Waals surface area contributed by atoms with Gasteiger partial charge in [-0.2, -0.15) is 0 Å². The van der Waals surface area contributed by atoms with Crippen LogP contribution in [0.15, 0.2) is 52.9 Å². The van der Waals surface area contributed by atoms with Gasteiger partial charge in [-0.3, -0.25) is 4.99 Å². The highest BCUT2D eigenvalue weighted by atomic mass is 32.2. The predicted octanol–water partition coefficient (Wildman–Crippen LogP) is 2.40. The molecule has 1 aromatic carbocycles. The van der Waals surface area contributed by atoms with E-state index in [1.807, 2.05) is 29.4 Å². The Labute approximate surface area is 148 Å². The van der Waals surface area contributed by atoms with Crippen molar-refractivity contribution >= 4 is 17.7 Å². The van der Waals surface area contributed by atoms with Crippen molar-refractivity contribution < 1.29 is 0 Å². The first kappa shape index (κ1) is 18.3. The molecule has 2 rings (SSSR count). The van der Waals surface area contributed by atoms with Gasteiger partial charge in [0.05, 0.1) is 0 Å². The summed E-state index contributed by atoms with van der Waals surface area (Å²) in [6.07, 6.45) is 5.66. The number of aryl methyl sites for hydroxylation is 1. The molecule has 0 fully saturated rings. The normalized spacial score (nSPS) is 12.8. The van der Waals surface area contributed by atoms with E-state index in [2.05, 4.69) is 57.0 Å². The molecule has 1 aromatic heterocycles. The van der Waals surface area contributed by atoms with Crippen LogP contribution in [0.1, 0.15) is 19.8 Å². The summed E-state index contributed by atoms with van der Waals surface area (Å²) in [4.78, 5) is 5.57. The van der Waals surface area contributed by atoms with Crippen LogP contribution in [-0.2, 0) is 6.54 Å². The molecule has 24 heavy (non-hydrogen) atoms. The lowest BCUT2D eigenvalue weighted by Gasteiger charge is -2.16. The fraction of sp³-hybridized carbons (Fsp3) is 0.471. The van der Waals surface area contributed by atoms with E-state index < -0.39 is 0 Å². The van der Waals surface area contributed by atoms with Gasteiger partial charge in [-0.25, -0.2) is 0 Å². The maximum absolute atomic E-state index is 4.27. The number of benzene rings is 1. The number of thioether (sulfide) groups is 1. The largest absolute Gasteiger partial charge is 0.356 e. The highest BCUT2D eigenvalue weighted by Crippen LogP contribution is 2.21. The molecule has 1 unspecified atom stereocenters. The second-order valence-electron chi connectivity index (χ2n) is 5.53. The minimum Gasteiger partial charge on any atom is -0.356 e. The van der Waals surface area contributed by atoms with Gasteiger partial charge in [0.15, 0.2) is 5.96 Å². The molecule has 0 bridgehead atoms. The van der Waals surface area contributed by atoms with Gasteiger partial charge in [0, 0.05) is 36.8 Å². The monoisotopic (exact) mass is 346 g/mol. The lowest BCUT2D eigenvalue weighted by molar-refractivity contribution is 0.597. The van der Waals surface area contributed by atoms with Gasteiger partial charge in [-0.15, -0.1) is 22.0 Å². The Bertz CT molecular complexity index is 584. The van der Waals surface area contributed by atoms with E-state index >= 15 is 0 Å². The molecule has 6 nitrogen and oxygen atoms in total. The Morgan fingerprint density at radius 2 is 1.92 bits per heavy atom. The minimum atomic E-state index is 0.472. The first-order valence-electron chi connectivity index (χ1n) is 8.26. The zero-order valence-electron chi connectivity index (χ0n) is 14.4. The van der Waals surface area contributed by atoms with Gasteiger partial charge in [0.1, 0.15) is 12.7 Å². The van der Waals surface area contributed by atoms with E-state index in [4.69, 9.17) is 0 Å². The van der Waals surface area contributed by atoms with Crippen molar-refractivity contribution in [3.63, 3.8) is 0 Å². The molecule has 130 valence electrons. The van der Waals surface area contributed by atoms with E-state index in [0.717, 1.165) is 38.4 Å². The molecule has 7 heteroatoms. The molecule has 1 atom stereocenters. The first-order chi connectivity index (χ1) is 11.8. The molecule has 0 saturated carbocycles. The molecule has 0 spiro atoms.